The van der Waals surface area contributed by atoms with Crippen molar-refractivity contribution in [2.45, 2.75) is 0 Å². The van der Waals surface area contributed by atoms with Crippen LogP contribution in [0.25, 0.3) is 0 Å². The van der Waals surface area contributed by atoms with Gasteiger partial charge in [0, 0.05) is 4.94 Å². The van der Waals surface area contributed by atoms with Crippen LogP contribution in [0.15, 0.2) is 0 Å². The minimum absolute atomic E-state index is 0.215. The highest BCUT2D eigenvalue weighted by molar-refractivity contribution is 14.2. The first-order valence-electron chi connectivity index (χ1n) is 1.40. The lowest BCUT2D eigenvalue weighted by Crippen LogP contribution is -1.19. The fourth-order valence-electron chi connectivity index (χ4n) is 0.0667. The summed E-state index contributed by atoms with van der Waals surface area (Å²) in [4.78, 5) is 0.314. The molecule has 0 saturated carbocycles. The van der Waals surface area contributed by atoms with E-state index in [-0.39, 0.29) is 6.99 Å². The first kappa shape index (κ1) is 10.3. The normalized spacial score (nSPS) is 16.7. The molecule has 0 aromatic rings. The van der Waals surface area contributed by atoms with E-state index in [0.717, 1.165) is 7.96 Å². The molecule has 0 nitrogen and oxygen atoms in total. The maximum Gasteiger partial charge on any atom is 0.0175 e. The van der Waals surface area contributed by atoms with E-state index in [9.17, 15) is 0 Å². The highest BCUT2D eigenvalue weighted by atomic mass is 127. The highest BCUT2D eigenvalue weighted by Gasteiger charge is 2.03. The summed E-state index contributed by atoms with van der Waals surface area (Å²) in [6, 6.07) is 0. The van der Waals surface area contributed by atoms with Gasteiger partial charge in [0.05, 0.1) is 0 Å². The van der Waals surface area contributed by atoms with Gasteiger partial charge in [-0.2, -0.15) is 0 Å². The molecule has 0 N–H and O–H groups in total. The molecule has 0 aliphatic carbocycles. The Morgan fingerprint density at radius 3 is 1.86 bits per heavy atom. The smallest absolute Gasteiger partial charge is 0.0175 e. The lowest BCUT2D eigenvalue weighted by Gasteiger charge is -2.08. The maximum absolute atomic E-state index is 2.86. The van der Waals surface area contributed by atoms with Crippen LogP contribution < -0.4 is 0 Å². The van der Waals surface area contributed by atoms with E-state index in [2.05, 4.69) is 48.8 Å². The molecule has 7 heteroatoms. The van der Waals surface area contributed by atoms with Crippen LogP contribution in [0.5, 0.6) is 0 Å². The van der Waals surface area contributed by atoms with Crippen molar-refractivity contribution >= 4 is 68.7 Å². The summed E-state index contributed by atoms with van der Waals surface area (Å²) in [5.74, 6) is 0. The van der Waals surface area contributed by atoms with Crippen molar-refractivity contribution in [2.75, 3.05) is 0 Å². The fraction of sp³-hybridized carbons (Fsp3) is 0. The molecule has 5 unspecified atom stereocenters. The highest BCUT2D eigenvalue weighted by Crippen LogP contribution is 2.92. The second-order valence-electron chi connectivity index (χ2n) is 0.769. The molecule has 0 aliphatic rings. The summed E-state index contributed by atoms with van der Waals surface area (Å²) in [6.45, 7) is 0.215. The minimum Gasteiger partial charge on any atom is -0.109 e. The number of hydrogen-bond donors (Lipinski definition) is 0. The average molecular weight is 320 g/mol. The van der Waals surface area contributed by atoms with Crippen molar-refractivity contribution < 1.29 is 0 Å². The van der Waals surface area contributed by atoms with Crippen molar-refractivity contribution in [2.24, 2.45) is 0 Å². The molecule has 0 bridgehead atoms. The number of hydrogen-bond acceptors (Lipinski definition) is 0. The van der Waals surface area contributed by atoms with Crippen LogP contribution in [0.3, 0.4) is 0 Å². The van der Waals surface area contributed by atoms with Crippen LogP contribution in [0.4, 0.5) is 0 Å². The van der Waals surface area contributed by atoms with Gasteiger partial charge in [-0.25, -0.2) is 0 Å². The SMILES string of the molecule is PPP(I)P(P)P. The molecule has 0 amide bonds. The molecule has 0 saturated heterocycles. The second kappa shape index (κ2) is 6.05. The summed E-state index contributed by atoms with van der Waals surface area (Å²) in [6.07, 6.45) is 0. The lowest BCUT2D eigenvalue weighted by atomic mass is 29.1. The third kappa shape index (κ3) is 5.74. The standard InChI is InChI=1S/H7IP6/c1-6(5-2)7(3)4/h5H,2-4H2. The van der Waals surface area contributed by atoms with E-state index in [1.165, 1.54) is 0 Å². The van der Waals surface area contributed by atoms with Crippen molar-refractivity contribution in [3.63, 3.8) is 0 Å². The van der Waals surface area contributed by atoms with E-state index in [1.54, 1.807) is 0 Å². The van der Waals surface area contributed by atoms with Gasteiger partial charge in [0.15, 0.2) is 0 Å². The summed E-state index contributed by atoms with van der Waals surface area (Å²) < 4.78 is 0. The first-order valence-corrected chi connectivity index (χ1v) is 14.5. The Bertz CT molecular complexity index is 41.4. The van der Waals surface area contributed by atoms with Crippen LogP contribution in [-0.4, -0.2) is 0 Å². The topological polar surface area (TPSA) is 0 Å². The van der Waals surface area contributed by atoms with Gasteiger partial charge in [-0.15, -0.1) is 26.8 Å². The van der Waals surface area contributed by atoms with Crippen LogP contribution in [0, 0.1) is 0 Å². The quantitative estimate of drug-likeness (QED) is 0.529. The Hall–Kier alpha value is 3.31. The van der Waals surface area contributed by atoms with Crippen molar-refractivity contribution in [3.05, 3.63) is 0 Å². The van der Waals surface area contributed by atoms with Crippen molar-refractivity contribution in [1.29, 1.82) is 0 Å². The third-order valence-electron chi connectivity index (χ3n) is 0.309. The predicted octanol–water partition coefficient (Wildman–Crippen LogP) is 4.18. The van der Waals surface area contributed by atoms with Gasteiger partial charge in [0.2, 0.25) is 0 Å². The van der Waals surface area contributed by atoms with E-state index in [1.807, 2.05) is 0 Å². The Morgan fingerprint density at radius 1 is 1.43 bits per heavy atom. The Labute approximate surface area is 68.4 Å². The van der Waals surface area contributed by atoms with E-state index in [4.69, 9.17) is 0 Å². The second-order valence-corrected chi connectivity index (χ2v) is 26.1. The van der Waals surface area contributed by atoms with Crippen LogP contribution in [0.2, 0.25) is 0 Å². The molecule has 0 aromatic carbocycles. The van der Waals surface area contributed by atoms with Gasteiger partial charge >= 0.3 is 0 Å². The lowest BCUT2D eigenvalue weighted by molar-refractivity contribution is 4.99. The van der Waals surface area contributed by atoms with Crippen LogP contribution >= 0.6 is 68.7 Å². The van der Waals surface area contributed by atoms with Gasteiger partial charge in [-0.1, -0.05) is 7.96 Å². The summed E-state index contributed by atoms with van der Waals surface area (Å²) in [5, 5.41) is 0. The predicted molar refractivity (Wildman–Crippen MR) is 65.3 cm³/mol. The van der Waals surface area contributed by atoms with E-state index < -0.39 is 0 Å². The van der Waals surface area contributed by atoms with Gasteiger partial charge in [-0.3, -0.25) is 0 Å². The largest absolute Gasteiger partial charge is 0.109 e. The van der Waals surface area contributed by atoms with E-state index >= 15 is 0 Å². The molecule has 0 aliphatic heterocycles. The van der Waals surface area contributed by atoms with Crippen molar-refractivity contribution in [3.8, 4) is 0 Å². The minimum atomic E-state index is 0.215. The zero-order valence-corrected chi connectivity index (χ0v) is 11.9. The Balaban J connectivity index is 3.14. The summed E-state index contributed by atoms with van der Waals surface area (Å²) in [7, 11) is 9.59. The monoisotopic (exact) mass is 320 g/mol. The zero-order chi connectivity index (χ0) is 5.86. The van der Waals surface area contributed by atoms with E-state index in [0.29, 0.717) is 4.94 Å². The van der Waals surface area contributed by atoms with Gasteiger partial charge < -0.3 is 0 Å². The number of halogens is 1. The molecule has 7 heavy (non-hydrogen) atoms. The molecular weight excluding hydrogens is 313 g/mol. The van der Waals surface area contributed by atoms with Gasteiger partial charge in [-0.05, 0) is 29.0 Å². The molecule has 0 fully saturated rings. The third-order valence-corrected chi connectivity index (χ3v) is 38.7. The summed E-state index contributed by atoms with van der Waals surface area (Å²) >= 11 is 2.54. The molecule has 0 heterocycles. The van der Waals surface area contributed by atoms with Gasteiger partial charge in [0.25, 0.3) is 0 Å². The molecule has 0 rings (SSSR count). The maximum atomic E-state index is 2.86. The molecule has 5 atom stereocenters. The summed E-state index contributed by atoms with van der Waals surface area (Å²) in [5.41, 5.74) is 0. The van der Waals surface area contributed by atoms with Crippen LogP contribution in [0.1, 0.15) is 0 Å². The molecule has 0 spiro atoms. The van der Waals surface area contributed by atoms with Crippen molar-refractivity contribution in [1.82, 2.24) is 0 Å². The Kier molecular flexibility index (Phi) is 8.91. The van der Waals surface area contributed by atoms with Gasteiger partial charge in [0.1, 0.15) is 0 Å². The molecule has 0 aromatic heterocycles. The Morgan fingerprint density at radius 2 is 1.86 bits per heavy atom. The molecule has 44 valence electrons. The zero-order valence-electron chi connectivity index (χ0n) is 3.50. The first-order chi connectivity index (χ1) is 3.18. The van der Waals surface area contributed by atoms with Crippen LogP contribution in [-0.2, 0) is 0 Å². The number of rotatable bonds is 2. The average Bonchev–Trinajstić information content (AvgIpc) is 1.65. The molecule has 0 radical (unpaired) electrons. The fourth-order valence-corrected chi connectivity index (χ4v) is 16.2. The molecular formula is H7IP6.